The highest BCUT2D eigenvalue weighted by Gasteiger charge is 2.22. The predicted molar refractivity (Wildman–Crippen MR) is 121 cm³/mol. The van der Waals surface area contributed by atoms with Crippen molar-refractivity contribution >= 4 is 27.3 Å². The molecule has 4 rings (SSSR count). The van der Waals surface area contributed by atoms with E-state index in [4.69, 9.17) is 9.72 Å². The van der Waals surface area contributed by atoms with Gasteiger partial charge >= 0.3 is 0 Å². The molecule has 0 atom stereocenters. The van der Waals surface area contributed by atoms with Crippen LogP contribution in [0, 0.1) is 0 Å². The van der Waals surface area contributed by atoms with E-state index in [1.54, 1.807) is 7.11 Å². The van der Waals surface area contributed by atoms with Crippen LogP contribution in [0.3, 0.4) is 0 Å². The molecule has 1 aliphatic carbocycles. The fourth-order valence-corrected chi connectivity index (χ4v) is 4.95. The summed E-state index contributed by atoms with van der Waals surface area (Å²) in [4.78, 5) is 13.1. The summed E-state index contributed by atoms with van der Waals surface area (Å²) in [6.45, 7) is 0. The van der Waals surface area contributed by atoms with Crippen LogP contribution in [-0.4, -0.2) is 42.8 Å². The zero-order valence-corrected chi connectivity index (χ0v) is 19.0. The minimum Gasteiger partial charge on any atom is -0.494 e. The van der Waals surface area contributed by atoms with Crippen LogP contribution in [0.2, 0.25) is 0 Å². The molecule has 0 radical (unpaired) electrons. The Hall–Kier alpha value is -2.65. The van der Waals surface area contributed by atoms with Gasteiger partial charge in [-0.1, -0.05) is 43.2 Å². The van der Waals surface area contributed by atoms with Gasteiger partial charge in [0.15, 0.2) is 14.9 Å². The second-order valence-electron chi connectivity index (χ2n) is 7.45. The van der Waals surface area contributed by atoms with Gasteiger partial charge in [0.25, 0.3) is 0 Å². The number of rotatable bonds is 7. The van der Waals surface area contributed by atoms with Crippen molar-refractivity contribution in [3.05, 3.63) is 48.8 Å². The first-order chi connectivity index (χ1) is 14.9. The lowest BCUT2D eigenvalue weighted by molar-refractivity contribution is 0.414. The van der Waals surface area contributed by atoms with E-state index in [0.717, 1.165) is 36.0 Å². The lowest BCUT2D eigenvalue weighted by Gasteiger charge is -2.20. The van der Waals surface area contributed by atoms with Crippen molar-refractivity contribution in [3.63, 3.8) is 0 Å². The van der Waals surface area contributed by atoms with Crippen molar-refractivity contribution < 1.29 is 13.2 Å². The van der Waals surface area contributed by atoms with E-state index in [0.29, 0.717) is 21.8 Å². The maximum atomic E-state index is 11.8. The molecule has 0 saturated heterocycles. The Morgan fingerprint density at radius 3 is 2.48 bits per heavy atom. The Morgan fingerprint density at radius 2 is 1.81 bits per heavy atom. The number of anilines is 1. The number of aromatic nitrogens is 3. The van der Waals surface area contributed by atoms with Crippen molar-refractivity contribution in [1.29, 1.82) is 0 Å². The van der Waals surface area contributed by atoms with E-state index in [2.05, 4.69) is 15.3 Å². The molecule has 2 heterocycles. The summed E-state index contributed by atoms with van der Waals surface area (Å²) in [5.74, 6) is 0.690. The van der Waals surface area contributed by atoms with E-state index >= 15 is 0 Å². The molecule has 3 aromatic rings. The molecule has 7 nitrogen and oxygen atoms in total. The molecule has 1 saturated carbocycles. The maximum absolute atomic E-state index is 11.8. The number of methoxy groups -OCH3 is 1. The summed E-state index contributed by atoms with van der Waals surface area (Å²) >= 11 is 1.25. The van der Waals surface area contributed by atoms with E-state index < -0.39 is 9.84 Å². The molecule has 1 aromatic carbocycles. The Labute approximate surface area is 186 Å². The third kappa shape index (κ3) is 5.16. The molecule has 1 N–H and O–H groups in total. The Morgan fingerprint density at radius 1 is 1.06 bits per heavy atom. The van der Waals surface area contributed by atoms with Gasteiger partial charge in [0.05, 0.1) is 25.2 Å². The first-order valence-corrected chi connectivity index (χ1v) is 12.8. The van der Waals surface area contributed by atoms with Crippen LogP contribution in [0.1, 0.15) is 25.7 Å². The van der Waals surface area contributed by atoms with E-state index in [1.807, 2.05) is 36.4 Å². The molecule has 0 amide bonds. The SMILES string of the molecule is COc1cc(Sc2cncc(S(C)(=O)=O)n2)nc(-c2ccccc2)c1NC1CCCC1. The monoisotopic (exact) mass is 456 g/mol. The molecule has 1 aliphatic rings. The number of sulfone groups is 1. The number of nitrogens with one attached hydrogen (secondary N) is 1. The molecular weight excluding hydrogens is 432 g/mol. The summed E-state index contributed by atoms with van der Waals surface area (Å²) in [5, 5.41) is 4.68. The number of nitrogens with zero attached hydrogens (tertiary/aromatic N) is 3. The molecule has 1 fully saturated rings. The van der Waals surface area contributed by atoms with E-state index in [9.17, 15) is 8.42 Å². The molecule has 9 heteroatoms. The van der Waals surface area contributed by atoms with Crippen LogP contribution >= 0.6 is 11.8 Å². The van der Waals surface area contributed by atoms with Gasteiger partial charge in [0.1, 0.15) is 21.5 Å². The second kappa shape index (κ2) is 9.23. The van der Waals surface area contributed by atoms with Crippen LogP contribution in [0.5, 0.6) is 5.75 Å². The van der Waals surface area contributed by atoms with Crippen LogP contribution in [-0.2, 0) is 9.84 Å². The van der Waals surface area contributed by atoms with Gasteiger partial charge in [0, 0.05) is 23.9 Å². The fourth-order valence-electron chi connectivity index (χ4n) is 3.60. The highest BCUT2D eigenvalue weighted by atomic mass is 32.2. The summed E-state index contributed by atoms with van der Waals surface area (Å²) in [6.07, 6.45) is 8.58. The zero-order valence-electron chi connectivity index (χ0n) is 17.4. The van der Waals surface area contributed by atoms with Crippen molar-refractivity contribution in [2.24, 2.45) is 0 Å². The lowest BCUT2D eigenvalue weighted by atomic mass is 10.1. The van der Waals surface area contributed by atoms with Gasteiger partial charge in [0.2, 0.25) is 0 Å². The van der Waals surface area contributed by atoms with Gasteiger partial charge in [-0.25, -0.2) is 18.4 Å². The molecule has 0 aliphatic heterocycles. The standard InChI is InChI=1S/C22H24N4O3S2/c1-29-17-12-18(30-19-13-23-14-20(25-19)31(2,27)28)26-21(15-8-4-3-5-9-15)22(17)24-16-10-6-7-11-16/h3-5,8-9,12-14,16,24H,6-7,10-11H2,1-2H3. The molecule has 162 valence electrons. The highest BCUT2D eigenvalue weighted by molar-refractivity contribution is 7.99. The molecule has 2 aromatic heterocycles. The summed E-state index contributed by atoms with van der Waals surface area (Å²) in [7, 11) is -1.80. The second-order valence-corrected chi connectivity index (χ2v) is 10.5. The van der Waals surface area contributed by atoms with Crippen molar-refractivity contribution in [3.8, 4) is 17.0 Å². The smallest absolute Gasteiger partial charge is 0.194 e. The number of hydrogen-bond donors (Lipinski definition) is 1. The Balaban J connectivity index is 1.76. The quantitative estimate of drug-likeness (QED) is 0.557. The average Bonchev–Trinajstić information content (AvgIpc) is 3.28. The molecule has 0 bridgehead atoms. The first-order valence-electron chi connectivity index (χ1n) is 10.0. The fraction of sp³-hybridized carbons (Fsp3) is 0.318. The van der Waals surface area contributed by atoms with Crippen molar-refractivity contribution in [2.75, 3.05) is 18.7 Å². The topological polar surface area (TPSA) is 94.1 Å². The van der Waals surface area contributed by atoms with Crippen LogP contribution in [0.4, 0.5) is 5.69 Å². The number of hydrogen-bond acceptors (Lipinski definition) is 8. The third-order valence-corrected chi connectivity index (χ3v) is 6.89. The van der Waals surface area contributed by atoms with Crippen molar-refractivity contribution in [2.45, 2.75) is 46.8 Å². The lowest BCUT2D eigenvalue weighted by Crippen LogP contribution is -2.16. The Bertz CT molecular complexity index is 1160. The van der Waals surface area contributed by atoms with Gasteiger partial charge in [-0.3, -0.25) is 4.98 Å². The first kappa shape index (κ1) is 21.6. The van der Waals surface area contributed by atoms with Crippen LogP contribution in [0.15, 0.2) is 63.9 Å². The minimum atomic E-state index is -3.44. The summed E-state index contributed by atoms with van der Waals surface area (Å²) < 4.78 is 29.4. The van der Waals surface area contributed by atoms with Gasteiger partial charge in [-0.05, 0) is 24.6 Å². The maximum Gasteiger partial charge on any atom is 0.194 e. The zero-order chi connectivity index (χ0) is 21.8. The number of benzene rings is 1. The minimum absolute atomic E-state index is 0.0627. The molecule has 0 spiro atoms. The summed E-state index contributed by atoms with van der Waals surface area (Å²) in [6, 6.07) is 12.2. The molecule has 0 unspecified atom stereocenters. The molecule has 31 heavy (non-hydrogen) atoms. The van der Waals surface area contributed by atoms with E-state index in [-0.39, 0.29) is 5.03 Å². The van der Waals surface area contributed by atoms with Crippen LogP contribution in [0.25, 0.3) is 11.3 Å². The van der Waals surface area contributed by atoms with Crippen LogP contribution < -0.4 is 10.1 Å². The van der Waals surface area contributed by atoms with Gasteiger partial charge < -0.3 is 10.1 Å². The van der Waals surface area contributed by atoms with Gasteiger partial charge in [-0.15, -0.1) is 0 Å². The van der Waals surface area contributed by atoms with Crippen molar-refractivity contribution in [1.82, 2.24) is 15.0 Å². The number of pyridine rings is 1. The van der Waals surface area contributed by atoms with E-state index in [1.165, 1.54) is 37.0 Å². The molecular formula is C22H24N4O3S2. The Kier molecular flexibility index (Phi) is 6.43. The predicted octanol–water partition coefficient (Wildman–Crippen LogP) is 4.46. The summed E-state index contributed by atoms with van der Waals surface area (Å²) in [5.41, 5.74) is 2.64. The third-order valence-electron chi connectivity index (χ3n) is 5.11. The highest BCUT2D eigenvalue weighted by Crippen LogP contribution is 2.40. The number of ether oxygens (including phenoxy) is 1. The largest absolute Gasteiger partial charge is 0.494 e. The average molecular weight is 457 g/mol. The van der Waals surface area contributed by atoms with Gasteiger partial charge in [-0.2, -0.15) is 0 Å². The normalized spacial score (nSPS) is 14.5.